The van der Waals surface area contributed by atoms with Crippen molar-refractivity contribution in [3.63, 3.8) is 0 Å². The lowest BCUT2D eigenvalue weighted by atomic mass is 9.80. The maximum absolute atomic E-state index is 12.6. The zero-order valence-corrected chi connectivity index (χ0v) is 15.8. The van der Waals surface area contributed by atoms with Crippen LogP contribution in [0.4, 0.5) is 4.79 Å². The van der Waals surface area contributed by atoms with Crippen LogP contribution in [0.2, 0.25) is 0 Å². The van der Waals surface area contributed by atoms with Gasteiger partial charge in [-0.3, -0.25) is 0 Å². The normalized spacial score (nSPS) is 25.2. The van der Waals surface area contributed by atoms with Crippen LogP contribution in [0.25, 0.3) is 0 Å². The predicted octanol–water partition coefficient (Wildman–Crippen LogP) is 3.51. The maximum atomic E-state index is 12.6. The first-order valence-corrected chi connectivity index (χ1v) is 9.32. The van der Waals surface area contributed by atoms with Crippen molar-refractivity contribution in [3.8, 4) is 5.75 Å². The fourth-order valence-corrected chi connectivity index (χ4v) is 4.48. The van der Waals surface area contributed by atoms with Crippen molar-refractivity contribution < 1.29 is 9.53 Å². The fourth-order valence-electron chi connectivity index (χ4n) is 4.48. The second-order valence-electron chi connectivity index (χ2n) is 8.70. The largest absolute Gasteiger partial charge is 0.493 e. The van der Waals surface area contributed by atoms with E-state index in [1.807, 2.05) is 24.3 Å². The molecule has 138 valence electrons. The van der Waals surface area contributed by atoms with Crippen molar-refractivity contribution in [2.24, 2.45) is 0 Å². The van der Waals surface area contributed by atoms with Crippen LogP contribution in [0.3, 0.4) is 0 Å². The Balaban J connectivity index is 1.65. The van der Waals surface area contributed by atoms with Crippen molar-refractivity contribution in [3.05, 3.63) is 29.8 Å². The van der Waals surface area contributed by atoms with Crippen LogP contribution in [0.5, 0.6) is 5.75 Å². The van der Waals surface area contributed by atoms with Gasteiger partial charge in [0.1, 0.15) is 5.75 Å². The zero-order chi connectivity index (χ0) is 18.1. The summed E-state index contributed by atoms with van der Waals surface area (Å²) in [6, 6.07) is 8.08. The van der Waals surface area contributed by atoms with Gasteiger partial charge in [-0.1, -0.05) is 18.2 Å². The highest BCUT2D eigenvalue weighted by atomic mass is 16.5. The highest BCUT2D eigenvalue weighted by Crippen LogP contribution is 2.31. The summed E-state index contributed by atoms with van der Waals surface area (Å²) in [4.78, 5) is 12.6. The zero-order valence-electron chi connectivity index (χ0n) is 15.8. The topological polar surface area (TPSA) is 62.4 Å². The molecule has 1 aromatic carbocycles. The van der Waals surface area contributed by atoms with E-state index in [2.05, 4.69) is 43.6 Å². The maximum Gasteiger partial charge on any atom is 0.315 e. The molecule has 1 fully saturated rings. The standard InChI is InChI=1S/C20H31N3O2/c1-19(2)12-14(13-20(3,4)23-19)21-18(24)22-16-9-7-11-25-17-10-6-5-8-15(16)17/h5-6,8,10,14,16,23H,7,9,11-13H2,1-4H3,(H2,21,22,24). The fraction of sp³-hybridized carbons (Fsp3) is 0.650. The first-order chi connectivity index (χ1) is 11.7. The van der Waals surface area contributed by atoms with Crippen molar-refractivity contribution in [1.82, 2.24) is 16.0 Å². The quantitative estimate of drug-likeness (QED) is 0.769. The Kier molecular flexibility index (Phi) is 4.96. The van der Waals surface area contributed by atoms with E-state index in [4.69, 9.17) is 4.74 Å². The minimum Gasteiger partial charge on any atom is -0.493 e. The lowest BCUT2D eigenvalue weighted by Crippen LogP contribution is -2.62. The lowest BCUT2D eigenvalue weighted by molar-refractivity contribution is 0.147. The molecule has 1 aromatic rings. The number of rotatable bonds is 2. The molecular formula is C20H31N3O2. The number of piperidine rings is 1. The summed E-state index contributed by atoms with van der Waals surface area (Å²) in [7, 11) is 0. The molecule has 1 saturated heterocycles. The van der Waals surface area contributed by atoms with Crippen molar-refractivity contribution in [2.45, 2.75) is 76.5 Å². The van der Waals surface area contributed by atoms with Crippen LogP contribution in [0.1, 0.15) is 65.0 Å². The van der Waals surface area contributed by atoms with Gasteiger partial charge in [0, 0.05) is 22.7 Å². The van der Waals surface area contributed by atoms with Gasteiger partial charge in [-0.05, 0) is 59.4 Å². The molecule has 2 aliphatic heterocycles. The molecule has 5 heteroatoms. The number of benzene rings is 1. The molecule has 5 nitrogen and oxygen atoms in total. The van der Waals surface area contributed by atoms with Gasteiger partial charge in [-0.25, -0.2) is 4.79 Å². The molecule has 0 radical (unpaired) electrons. The van der Waals surface area contributed by atoms with E-state index in [0.29, 0.717) is 6.61 Å². The first kappa shape index (κ1) is 18.1. The highest BCUT2D eigenvalue weighted by molar-refractivity contribution is 5.75. The van der Waals surface area contributed by atoms with Crippen molar-refractivity contribution >= 4 is 6.03 Å². The van der Waals surface area contributed by atoms with E-state index in [9.17, 15) is 4.79 Å². The Labute approximate surface area is 150 Å². The number of nitrogens with one attached hydrogen (secondary N) is 3. The average molecular weight is 345 g/mol. The molecule has 3 rings (SSSR count). The van der Waals surface area contributed by atoms with Crippen molar-refractivity contribution in [2.75, 3.05) is 6.61 Å². The van der Waals surface area contributed by atoms with Crippen LogP contribution < -0.4 is 20.7 Å². The second kappa shape index (κ2) is 6.87. The number of amides is 2. The van der Waals surface area contributed by atoms with Gasteiger partial charge in [-0.15, -0.1) is 0 Å². The van der Waals surface area contributed by atoms with Gasteiger partial charge in [0.05, 0.1) is 12.6 Å². The summed E-state index contributed by atoms with van der Waals surface area (Å²) in [6.07, 6.45) is 3.68. The molecule has 2 heterocycles. The monoisotopic (exact) mass is 345 g/mol. The lowest BCUT2D eigenvalue weighted by Gasteiger charge is -2.46. The smallest absolute Gasteiger partial charge is 0.315 e. The van der Waals surface area contributed by atoms with E-state index < -0.39 is 0 Å². The summed E-state index contributed by atoms with van der Waals surface area (Å²) in [5, 5.41) is 10.0. The Morgan fingerprint density at radius 1 is 1.12 bits per heavy atom. The van der Waals surface area contributed by atoms with E-state index in [-0.39, 0.29) is 29.2 Å². The molecule has 0 saturated carbocycles. The van der Waals surface area contributed by atoms with Gasteiger partial charge in [-0.2, -0.15) is 0 Å². The number of hydrogen-bond acceptors (Lipinski definition) is 3. The molecule has 25 heavy (non-hydrogen) atoms. The molecule has 0 aliphatic carbocycles. The molecule has 1 atom stereocenters. The molecule has 3 N–H and O–H groups in total. The molecule has 0 aromatic heterocycles. The molecule has 2 amide bonds. The number of fused-ring (bicyclic) bond motifs is 1. The third-order valence-corrected chi connectivity index (χ3v) is 5.02. The number of urea groups is 1. The highest BCUT2D eigenvalue weighted by Gasteiger charge is 2.38. The van der Waals surface area contributed by atoms with Gasteiger partial charge in [0.15, 0.2) is 0 Å². The predicted molar refractivity (Wildman–Crippen MR) is 99.9 cm³/mol. The van der Waals surface area contributed by atoms with Crippen LogP contribution in [0, 0.1) is 0 Å². The SMILES string of the molecule is CC1(C)CC(NC(=O)NC2CCCOc3ccccc32)CC(C)(C)N1. The third-order valence-electron chi connectivity index (χ3n) is 5.02. The van der Waals surface area contributed by atoms with E-state index in [1.165, 1.54) is 0 Å². The number of ether oxygens (including phenoxy) is 1. The van der Waals surface area contributed by atoms with Crippen LogP contribution in [-0.4, -0.2) is 29.8 Å². The van der Waals surface area contributed by atoms with E-state index in [0.717, 1.165) is 37.0 Å². The van der Waals surface area contributed by atoms with Crippen LogP contribution in [-0.2, 0) is 0 Å². The molecular weight excluding hydrogens is 314 g/mol. The van der Waals surface area contributed by atoms with E-state index in [1.54, 1.807) is 0 Å². The van der Waals surface area contributed by atoms with Gasteiger partial charge >= 0.3 is 6.03 Å². The van der Waals surface area contributed by atoms with Gasteiger partial charge < -0.3 is 20.7 Å². The Bertz CT molecular complexity index is 611. The number of carbonyl (C=O) groups excluding carboxylic acids is 1. The summed E-state index contributed by atoms with van der Waals surface area (Å²) in [5.74, 6) is 0.884. The number of carbonyl (C=O) groups is 1. The Hall–Kier alpha value is -1.75. The van der Waals surface area contributed by atoms with Gasteiger partial charge in [0.2, 0.25) is 0 Å². The molecule has 2 aliphatic rings. The van der Waals surface area contributed by atoms with Crippen LogP contribution >= 0.6 is 0 Å². The Morgan fingerprint density at radius 2 is 1.80 bits per heavy atom. The molecule has 1 unspecified atom stereocenters. The average Bonchev–Trinajstić information content (AvgIpc) is 2.66. The Morgan fingerprint density at radius 3 is 2.52 bits per heavy atom. The van der Waals surface area contributed by atoms with Gasteiger partial charge in [0.25, 0.3) is 0 Å². The minimum absolute atomic E-state index is 0.00133. The summed E-state index contributed by atoms with van der Waals surface area (Å²) in [5.41, 5.74) is 1.10. The third kappa shape index (κ3) is 4.66. The number of hydrogen-bond donors (Lipinski definition) is 3. The van der Waals surface area contributed by atoms with Crippen LogP contribution in [0.15, 0.2) is 24.3 Å². The molecule has 0 bridgehead atoms. The minimum atomic E-state index is -0.0831. The summed E-state index contributed by atoms with van der Waals surface area (Å²) >= 11 is 0. The second-order valence-corrected chi connectivity index (χ2v) is 8.70. The summed E-state index contributed by atoms with van der Waals surface area (Å²) in [6.45, 7) is 9.48. The summed E-state index contributed by atoms with van der Waals surface area (Å²) < 4.78 is 5.78. The number of para-hydroxylation sites is 1. The first-order valence-electron chi connectivity index (χ1n) is 9.32. The van der Waals surface area contributed by atoms with E-state index >= 15 is 0 Å². The van der Waals surface area contributed by atoms with Crippen molar-refractivity contribution in [1.29, 1.82) is 0 Å². The molecule has 0 spiro atoms.